The van der Waals surface area contributed by atoms with E-state index in [1.165, 1.54) is 19.2 Å². The van der Waals surface area contributed by atoms with Crippen LogP contribution in [0.25, 0.3) is 0 Å². The molecule has 0 saturated heterocycles. The van der Waals surface area contributed by atoms with Crippen LogP contribution in [0.5, 0.6) is 11.5 Å². The molecule has 0 bridgehead atoms. The van der Waals surface area contributed by atoms with Gasteiger partial charge in [0.25, 0.3) is 0 Å². The summed E-state index contributed by atoms with van der Waals surface area (Å²) in [6, 6.07) is 4.40. The first-order chi connectivity index (χ1) is 7.08. The van der Waals surface area contributed by atoms with Crippen LogP contribution in [0.2, 0.25) is 0 Å². The summed E-state index contributed by atoms with van der Waals surface area (Å²) >= 11 is 0. The van der Waals surface area contributed by atoms with Crippen molar-refractivity contribution in [1.82, 2.24) is 0 Å². The summed E-state index contributed by atoms with van der Waals surface area (Å²) in [6.45, 7) is 0. The number of ether oxygens (including phenoxy) is 1. The number of aliphatic carboxylic acids is 1. The number of benzene rings is 1. The number of hydrogen-bond acceptors (Lipinski definition) is 4. The van der Waals surface area contributed by atoms with Crippen LogP contribution < -0.4 is 4.74 Å². The first-order valence-corrected chi connectivity index (χ1v) is 4.10. The average molecular weight is 207 g/mol. The molecule has 2 N–H and O–H groups in total. The zero-order chi connectivity index (χ0) is 11.4. The third kappa shape index (κ3) is 2.38. The summed E-state index contributed by atoms with van der Waals surface area (Å²) in [7, 11) is 1.37. The Balaban J connectivity index is 3.21. The predicted molar refractivity (Wildman–Crippen MR) is 50.7 cm³/mol. The van der Waals surface area contributed by atoms with Crippen LogP contribution in [0.4, 0.5) is 0 Å². The Morgan fingerprint density at radius 3 is 2.73 bits per heavy atom. The van der Waals surface area contributed by atoms with Crippen molar-refractivity contribution in [1.29, 1.82) is 5.26 Å². The van der Waals surface area contributed by atoms with Crippen LogP contribution >= 0.6 is 0 Å². The van der Waals surface area contributed by atoms with Crippen molar-refractivity contribution in [3.05, 3.63) is 23.3 Å². The van der Waals surface area contributed by atoms with Crippen LogP contribution in [0.1, 0.15) is 11.1 Å². The van der Waals surface area contributed by atoms with Crippen molar-refractivity contribution >= 4 is 5.97 Å². The molecule has 78 valence electrons. The first kappa shape index (κ1) is 10.9. The number of nitrogens with zero attached hydrogens (tertiary/aromatic N) is 1. The summed E-state index contributed by atoms with van der Waals surface area (Å²) in [5.41, 5.74) is 0.395. The van der Waals surface area contributed by atoms with Gasteiger partial charge in [-0.2, -0.15) is 5.26 Å². The molecule has 0 aliphatic carbocycles. The van der Waals surface area contributed by atoms with Gasteiger partial charge in [0, 0.05) is 11.6 Å². The van der Waals surface area contributed by atoms with Crippen molar-refractivity contribution < 1.29 is 19.7 Å². The van der Waals surface area contributed by atoms with E-state index in [1.807, 2.05) is 6.07 Å². The predicted octanol–water partition coefficient (Wildman–Crippen LogP) is 0.900. The smallest absolute Gasteiger partial charge is 0.307 e. The lowest BCUT2D eigenvalue weighted by Gasteiger charge is -2.06. The molecule has 0 unspecified atom stereocenters. The van der Waals surface area contributed by atoms with Crippen molar-refractivity contribution in [3.8, 4) is 17.6 Å². The van der Waals surface area contributed by atoms with Gasteiger partial charge in [-0.05, 0) is 6.07 Å². The number of rotatable bonds is 3. The highest BCUT2D eigenvalue weighted by molar-refractivity contribution is 5.72. The minimum Gasteiger partial charge on any atom is -0.508 e. The Morgan fingerprint density at radius 1 is 1.60 bits per heavy atom. The molecular weight excluding hydrogens is 198 g/mol. The van der Waals surface area contributed by atoms with Crippen molar-refractivity contribution in [2.24, 2.45) is 0 Å². The number of carbonyl (C=O) groups is 1. The molecule has 0 radical (unpaired) electrons. The largest absolute Gasteiger partial charge is 0.508 e. The summed E-state index contributed by atoms with van der Waals surface area (Å²) in [5, 5.41) is 26.7. The third-order valence-corrected chi connectivity index (χ3v) is 1.86. The van der Waals surface area contributed by atoms with E-state index in [-0.39, 0.29) is 29.0 Å². The Bertz CT molecular complexity index is 434. The zero-order valence-electron chi connectivity index (χ0n) is 8.02. The Morgan fingerprint density at radius 2 is 2.27 bits per heavy atom. The summed E-state index contributed by atoms with van der Waals surface area (Å²) < 4.78 is 4.85. The normalized spacial score (nSPS) is 9.33. The Labute approximate surface area is 86.1 Å². The van der Waals surface area contributed by atoms with Gasteiger partial charge in [0.2, 0.25) is 0 Å². The molecule has 0 aliphatic rings. The van der Waals surface area contributed by atoms with E-state index in [1.54, 1.807) is 0 Å². The molecule has 0 saturated carbocycles. The second-order valence-corrected chi connectivity index (χ2v) is 2.86. The van der Waals surface area contributed by atoms with E-state index in [4.69, 9.17) is 15.1 Å². The van der Waals surface area contributed by atoms with Gasteiger partial charge in [0.1, 0.15) is 17.6 Å². The van der Waals surface area contributed by atoms with E-state index < -0.39 is 5.97 Å². The number of hydrogen-bond donors (Lipinski definition) is 2. The molecule has 1 aromatic rings. The van der Waals surface area contributed by atoms with Crippen molar-refractivity contribution in [3.63, 3.8) is 0 Å². The molecule has 1 rings (SSSR count). The summed E-state index contributed by atoms with van der Waals surface area (Å²) in [6.07, 6.45) is -0.329. The van der Waals surface area contributed by atoms with Gasteiger partial charge >= 0.3 is 5.97 Å². The second-order valence-electron chi connectivity index (χ2n) is 2.86. The highest BCUT2D eigenvalue weighted by Gasteiger charge is 2.11. The minimum absolute atomic E-state index is 0.187. The highest BCUT2D eigenvalue weighted by atomic mass is 16.5. The standard InChI is InChI=1S/C10H9NO4/c1-15-9-4-8(12)6(3-10(13)14)2-7(9)5-11/h2,4,12H,3H2,1H3,(H,13,14). The van der Waals surface area contributed by atoms with E-state index in [0.717, 1.165) is 0 Å². The van der Waals surface area contributed by atoms with Gasteiger partial charge in [0.15, 0.2) is 0 Å². The maximum absolute atomic E-state index is 10.4. The van der Waals surface area contributed by atoms with Crippen LogP contribution in [0.3, 0.4) is 0 Å². The van der Waals surface area contributed by atoms with E-state index in [0.29, 0.717) is 0 Å². The zero-order valence-corrected chi connectivity index (χ0v) is 8.02. The lowest BCUT2D eigenvalue weighted by molar-refractivity contribution is -0.136. The first-order valence-electron chi connectivity index (χ1n) is 4.10. The molecule has 15 heavy (non-hydrogen) atoms. The molecule has 5 nitrogen and oxygen atoms in total. The molecule has 0 amide bonds. The Hall–Kier alpha value is -2.22. The monoisotopic (exact) mass is 207 g/mol. The average Bonchev–Trinajstić information content (AvgIpc) is 2.19. The molecule has 0 aromatic heterocycles. The highest BCUT2D eigenvalue weighted by Crippen LogP contribution is 2.27. The number of aromatic hydroxyl groups is 1. The van der Waals surface area contributed by atoms with Gasteiger partial charge in [-0.3, -0.25) is 4.79 Å². The lowest BCUT2D eigenvalue weighted by Crippen LogP contribution is -2.01. The SMILES string of the molecule is COc1cc(O)c(CC(=O)O)cc1C#N. The topological polar surface area (TPSA) is 90.6 Å². The third-order valence-electron chi connectivity index (χ3n) is 1.86. The van der Waals surface area contributed by atoms with Gasteiger partial charge in [0.05, 0.1) is 19.1 Å². The number of phenols is 1. The fraction of sp³-hybridized carbons (Fsp3) is 0.200. The van der Waals surface area contributed by atoms with Crippen molar-refractivity contribution in [2.45, 2.75) is 6.42 Å². The van der Waals surface area contributed by atoms with Gasteiger partial charge in [-0.25, -0.2) is 0 Å². The summed E-state index contributed by atoms with van der Waals surface area (Å²) in [4.78, 5) is 10.4. The van der Waals surface area contributed by atoms with Crippen LogP contribution in [-0.4, -0.2) is 23.3 Å². The number of phenolic OH excluding ortho intramolecular Hbond substituents is 1. The summed E-state index contributed by atoms with van der Waals surface area (Å²) in [5.74, 6) is -1.03. The molecule has 0 atom stereocenters. The fourth-order valence-electron chi connectivity index (χ4n) is 1.17. The fourth-order valence-corrected chi connectivity index (χ4v) is 1.17. The maximum atomic E-state index is 10.4. The van der Waals surface area contributed by atoms with Gasteiger partial charge in [-0.15, -0.1) is 0 Å². The number of methoxy groups -OCH3 is 1. The molecule has 5 heteroatoms. The van der Waals surface area contributed by atoms with Crippen LogP contribution in [-0.2, 0) is 11.2 Å². The number of carboxylic acids is 1. The Kier molecular flexibility index (Phi) is 3.13. The molecular formula is C10H9NO4. The quantitative estimate of drug-likeness (QED) is 0.768. The van der Waals surface area contributed by atoms with E-state index >= 15 is 0 Å². The van der Waals surface area contributed by atoms with E-state index in [2.05, 4.69) is 0 Å². The molecule has 1 aromatic carbocycles. The van der Waals surface area contributed by atoms with Crippen LogP contribution in [0.15, 0.2) is 12.1 Å². The van der Waals surface area contributed by atoms with Crippen molar-refractivity contribution in [2.75, 3.05) is 7.11 Å². The molecule has 0 aliphatic heterocycles. The van der Waals surface area contributed by atoms with Crippen LogP contribution in [0, 0.1) is 11.3 Å². The van der Waals surface area contributed by atoms with Gasteiger partial charge in [-0.1, -0.05) is 0 Å². The molecule has 0 fully saturated rings. The number of nitriles is 1. The minimum atomic E-state index is -1.07. The van der Waals surface area contributed by atoms with Gasteiger partial charge < -0.3 is 14.9 Å². The number of carboxylic acid groups (broad SMARTS) is 1. The lowest BCUT2D eigenvalue weighted by atomic mass is 10.1. The molecule has 0 spiro atoms. The second kappa shape index (κ2) is 4.33. The van der Waals surface area contributed by atoms with E-state index in [9.17, 15) is 9.90 Å². The maximum Gasteiger partial charge on any atom is 0.307 e. The molecule has 0 heterocycles.